The van der Waals surface area contributed by atoms with E-state index >= 15 is 0 Å². The van der Waals surface area contributed by atoms with Crippen LogP contribution in [0, 0.1) is 11.6 Å². The van der Waals surface area contributed by atoms with Gasteiger partial charge < -0.3 is 5.32 Å². The van der Waals surface area contributed by atoms with Gasteiger partial charge >= 0.3 is 0 Å². The number of nitrogens with zero attached hydrogens (tertiary/aromatic N) is 4. The van der Waals surface area contributed by atoms with Gasteiger partial charge in [-0.25, -0.2) is 8.78 Å². The second kappa shape index (κ2) is 6.30. The molecule has 6 nitrogen and oxygen atoms in total. The number of hydrogen-bond donors (Lipinski definition) is 1. The Morgan fingerprint density at radius 3 is 2.57 bits per heavy atom. The Morgan fingerprint density at radius 1 is 1.09 bits per heavy atom. The van der Waals surface area contributed by atoms with Crippen LogP contribution in [0.3, 0.4) is 0 Å². The van der Waals surface area contributed by atoms with Crippen molar-refractivity contribution in [2.45, 2.75) is 6.54 Å². The number of halogens is 2. The molecule has 3 rings (SSSR count). The summed E-state index contributed by atoms with van der Waals surface area (Å²) in [4.78, 5) is 12.9. The molecule has 1 N–H and O–H groups in total. The first kappa shape index (κ1) is 14.8. The molecule has 0 fully saturated rings. The van der Waals surface area contributed by atoms with Crippen LogP contribution in [-0.2, 0) is 11.3 Å². The summed E-state index contributed by atoms with van der Waals surface area (Å²) < 4.78 is 26.3. The van der Waals surface area contributed by atoms with Gasteiger partial charge in [0.2, 0.25) is 11.7 Å². The Balaban J connectivity index is 1.68. The molecule has 8 heteroatoms. The van der Waals surface area contributed by atoms with Crippen molar-refractivity contribution in [2.24, 2.45) is 0 Å². The number of rotatable bonds is 4. The fourth-order valence-corrected chi connectivity index (χ4v) is 1.91. The molecule has 0 saturated carbocycles. The van der Waals surface area contributed by atoms with Crippen molar-refractivity contribution in [2.75, 3.05) is 5.32 Å². The molecule has 0 unspecified atom stereocenters. The second-order valence-corrected chi connectivity index (χ2v) is 4.68. The Morgan fingerprint density at radius 2 is 1.83 bits per heavy atom. The highest BCUT2D eigenvalue weighted by atomic mass is 19.1. The zero-order chi connectivity index (χ0) is 16.2. The maximum atomic E-state index is 13.5. The maximum Gasteiger partial charge on any atom is 0.248 e. The van der Waals surface area contributed by atoms with Gasteiger partial charge in [0, 0.05) is 5.56 Å². The highest BCUT2D eigenvalue weighted by Crippen LogP contribution is 2.14. The lowest BCUT2D eigenvalue weighted by Crippen LogP contribution is -2.21. The summed E-state index contributed by atoms with van der Waals surface area (Å²) in [6.07, 6.45) is 0. The number of carbonyl (C=O) groups is 1. The van der Waals surface area contributed by atoms with Crippen molar-refractivity contribution in [3.63, 3.8) is 0 Å². The molecule has 1 heterocycles. The Kier molecular flexibility index (Phi) is 4.05. The predicted molar refractivity (Wildman–Crippen MR) is 78.2 cm³/mol. The number of anilines is 1. The van der Waals surface area contributed by atoms with Crippen molar-refractivity contribution in [3.8, 4) is 11.4 Å². The summed E-state index contributed by atoms with van der Waals surface area (Å²) in [6, 6.07) is 11.4. The van der Waals surface area contributed by atoms with Crippen LogP contribution in [-0.4, -0.2) is 26.1 Å². The Hall–Kier alpha value is -3.16. The number of para-hydroxylation sites is 1. The van der Waals surface area contributed by atoms with Crippen LogP contribution >= 0.6 is 0 Å². The van der Waals surface area contributed by atoms with Gasteiger partial charge in [-0.15, -0.1) is 10.2 Å². The first-order valence-electron chi connectivity index (χ1n) is 6.70. The minimum absolute atomic E-state index is 0.0800. The molecule has 0 atom stereocenters. The van der Waals surface area contributed by atoms with Gasteiger partial charge in [-0.3, -0.25) is 4.79 Å². The minimum atomic E-state index is -0.528. The van der Waals surface area contributed by atoms with Crippen LogP contribution in [0.1, 0.15) is 0 Å². The monoisotopic (exact) mass is 315 g/mol. The quantitative estimate of drug-likeness (QED) is 0.801. The molecular formula is C15H11F2N5O. The highest BCUT2D eigenvalue weighted by molar-refractivity contribution is 5.90. The van der Waals surface area contributed by atoms with Crippen molar-refractivity contribution < 1.29 is 13.6 Å². The summed E-state index contributed by atoms with van der Waals surface area (Å²) >= 11 is 0. The molecule has 0 aliphatic rings. The van der Waals surface area contributed by atoms with E-state index in [0.29, 0.717) is 5.56 Å². The third-order valence-electron chi connectivity index (χ3n) is 2.99. The zero-order valence-corrected chi connectivity index (χ0v) is 11.8. The van der Waals surface area contributed by atoms with Crippen LogP contribution in [0.2, 0.25) is 0 Å². The lowest BCUT2D eigenvalue weighted by molar-refractivity contribution is -0.117. The van der Waals surface area contributed by atoms with Crippen LogP contribution < -0.4 is 5.32 Å². The first-order valence-corrected chi connectivity index (χ1v) is 6.70. The van der Waals surface area contributed by atoms with Crippen molar-refractivity contribution >= 4 is 11.6 Å². The average Bonchev–Trinajstić information content (AvgIpc) is 2.98. The number of amides is 1. The maximum absolute atomic E-state index is 13.5. The van der Waals surface area contributed by atoms with Crippen LogP contribution in [0.15, 0.2) is 48.5 Å². The molecule has 0 aliphatic heterocycles. The molecule has 0 bridgehead atoms. The molecule has 0 radical (unpaired) electrons. The molecule has 1 aromatic heterocycles. The summed E-state index contributed by atoms with van der Waals surface area (Å²) in [6.45, 7) is -0.220. The fourth-order valence-electron chi connectivity index (χ4n) is 1.91. The highest BCUT2D eigenvalue weighted by Gasteiger charge is 2.11. The number of nitrogens with one attached hydrogen (secondary N) is 1. The van der Waals surface area contributed by atoms with Gasteiger partial charge in [-0.05, 0) is 41.6 Å². The normalized spacial score (nSPS) is 10.5. The van der Waals surface area contributed by atoms with Crippen molar-refractivity contribution in [3.05, 3.63) is 60.2 Å². The lowest BCUT2D eigenvalue weighted by atomic mass is 10.2. The van der Waals surface area contributed by atoms with Crippen LogP contribution in [0.4, 0.5) is 14.5 Å². The van der Waals surface area contributed by atoms with E-state index in [1.807, 2.05) is 0 Å². The third kappa shape index (κ3) is 3.54. The first-order chi connectivity index (χ1) is 11.1. The van der Waals surface area contributed by atoms with Crippen LogP contribution in [0.25, 0.3) is 11.4 Å². The van der Waals surface area contributed by atoms with E-state index in [-0.39, 0.29) is 23.9 Å². The smallest absolute Gasteiger partial charge is 0.248 e. The second-order valence-electron chi connectivity index (χ2n) is 4.68. The third-order valence-corrected chi connectivity index (χ3v) is 2.99. The number of aromatic nitrogens is 4. The predicted octanol–water partition coefficient (Wildman–Crippen LogP) is 2.26. The molecule has 3 aromatic rings. The summed E-state index contributed by atoms with van der Waals surface area (Å²) in [5.41, 5.74) is 0.656. The van der Waals surface area contributed by atoms with Crippen LogP contribution in [0.5, 0.6) is 0 Å². The van der Waals surface area contributed by atoms with E-state index < -0.39 is 11.7 Å². The SMILES string of the molecule is O=C(Cn1nnc(-c2ccc(F)cc2)n1)Nc1ccccc1F. The van der Waals surface area contributed by atoms with E-state index in [1.165, 1.54) is 42.5 Å². The Bertz CT molecular complexity index is 832. The standard InChI is InChI=1S/C15H11F2N5O/c16-11-7-5-10(6-8-11)15-19-21-22(20-15)9-14(23)18-13-4-2-1-3-12(13)17/h1-8H,9H2,(H,18,23). The van der Waals surface area contributed by atoms with Crippen molar-refractivity contribution in [1.29, 1.82) is 0 Å². The van der Waals surface area contributed by atoms with E-state index in [1.54, 1.807) is 6.07 Å². The van der Waals surface area contributed by atoms with Gasteiger partial charge in [0.25, 0.3) is 0 Å². The molecule has 2 aromatic carbocycles. The average molecular weight is 315 g/mol. The van der Waals surface area contributed by atoms with Gasteiger partial charge in [0.1, 0.15) is 18.2 Å². The minimum Gasteiger partial charge on any atom is -0.322 e. The van der Waals surface area contributed by atoms with E-state index in [4.69, 9.17) is 0 Å². The van der Waals surface area contributed by atoms with E-state index in [2.05, 4.69) is 20.7 Å². The van der Waals surface area contributed by atoms with Gasteiger partial charge in [-0.2, -0.15) is 4.80 Å². The van der Waals surface area contributed by atoms with E-state index in [9.17, 15) is 13.6 Å². The molecular weight excluding hydrogens is 304 g/mol. The summed E-state index contributed by atoms with van der Waals surface area (Å²) in [5, 5.41) is 14.0. The lowest BCUT2D eigenvalue weighted by Gasteiger charge is -2.04. The van der Waals surface area contributed by atoms with Gasteiger partial charge in [-0.1, -0.05) is 12.1 Å². The van der Waals surface area contributed by atoms with E-state index in [0.717, 1.165) is 4.80 Å². The van der Waals surface area contributed by atoms with Crippen molar-refractivity contribution in [1.82, 2.24) is 20.2 Å². The Labute approximate surface area is 129 Å². The van der Waals surface area contributed by atoms with Gasteiger partial charge in [0.05, 0.1) is 5.69 Å². The number of benzene rings is 2. The molecule has 0 saturated heterocycles. The fraction of sp³-hybridized carbons (Fsp3) is 0.0667. The summed E-state index contributed by atoms with van der Waals surface area (Å²) in [7, 11) is 0. The molecule has 1 amide bonds. The topological polar surface area (TPSA) is 72.7 Å². The summed E-state index contributed by atoms with van der Waals surface area (Å²) in [5.74, 6) is -1.12. The molecule has 23 heavy (non-hydrogen) atoms. The molecule has 0 spiro atoms. The van der Waals surface area contributed by atoms with Gasteiger partial charge in [0.15, 0.2) is 0 Å². The largest absolute Gasteiger partial charge is 0.322 e. The molecule has 116 valence electrons. The number of hydrogen-bond acceptors (Lipinski definition) is 4. The number of carbonyl (C=O) groups excluding carboxylic acids is 1. The number of tetrazole rings is 1. The molecule has 0 aliphatic carbocycles. The zero-order valence-electron chi connectivity index (χ0n) is 11.8.